The molecule has 0 aliphatic rings. The van der Waals surface area contributed by atoms with Crippen LogP contribution < -0.4 is 5.32 Å². The first-order valence-electron chi connectivity index (χ1n) is 5.68. The Labute approximate surface area is 116 Å². The number of nitrogens with zero attached hydrogens (tertiary/aromatic N) is 1. The van der Waals surface area contributed by atoms with E-state index < -0.39 is 5.97 Å². The molecule has 0 radical (unpaired) electrons. The summed E-state index contributed by atoms with van der Waals surface area (Å²) >= 11 is 1.48. The third kappa shape index (κ3) is 5.48. The smallest absolute Gasteiger partial charge is 0.330 e. The van der Waals surface area contributed by atoms with Crippen molar-refractivity contribution in [2.75, 3.05) is 7.11 Å². The monoisotopic (exact) mass is 280 g/mol. The molecule has 1 aromatic rings. The first-order chi connectivity index (χ1) is 9.02. The fourth-order valence-corrected chi connectivity index (χ4v) is 2.09. The van der Waals surface area contributed by atoms with E-state index in [0.29, 0.717) is 0 Å². The van der Waals surface area contributed by atoms with Crippen molar-refractivity contribution in [1.29, 1.82) is 0 Å². The van der Waals surface area contributed by atoms with E-state index in [9.17, 15) is 9.59 Å². The van der Waals surface area contributed by atoms with Gasteiger partial charge in [0.2, 0.25) is 5.91 Å². The van der Waals surface area contributed by atoms with Gasteiger partial charge in [-0.15, -0.1) is 11.3 Å². The number of hydrogen-bond donors (Lipinski definition) is 1. The van der Waals surface area contributed by atoms with Crippen molar-refractivity contribution in [3.63, 3.8) is 0 Å². The van der Waals surface area contributed by atoms with Crippen LogP contribution in [0.2, 0.25) is 0 Å². The zero-order valence-corrected chi connectivity index (χ0v) is 11.9. The SMILES string of the molecule is COC(=O)/C=C/C=C/c1csc(C(C)NC(C)=O)n1. The first kappa shape index (κ1) is 15.1. The van der Waals surface area contributed by atoms with Gasteiger partial charge >= 0.3 is 5.97 Å². The number of ether oxygens (including phenoxy) is 1. The van der Waals surface area contributed by atoms with Gasteiger partial charge in [0.15, 0.2) is 0 Å². The minimum Gasteiger partial charge on any atom is -0.466 e. The number of carbonyl (C=O) groups excluding carboxylic acids is 2. The topological polar surface area (TPSA) is 68.3 Å². The normalized spacial score (nSPS) is 12.8. The summed E-state index contributed by atoms with van der Waals surface area (Å²) in [5, 5.41) is 5.50. The van der Waals surface area contributed by atoms with Crippen LogP contribution in [-0.4, -0.2) is 24.0 Å². The molecular formula is C13H16N2O3S. The van der Waals surface area contributed by atoms with E-state index in [-0.39, 0.29) is 11.9 Å². The number of rotatable bonds is 5. The van der Waals surface area contributed by atoms with Gasteiger partial charge in [0.05, 0.1) is 18.8 Å². The summed E-state index contributed by atoms with van der Waals surface area (Å²) in [7, 11) is 1.33. The molecule has 5 nitrogen and oxygen atoms in total. The molecule has 19 heavy (non-hydrogen) atoms. The molecule has 6 heteroatoms. The van der Waals surface area contributed by atoms with Gasteiger partial charge in [0, 0.05) is 18.4 Å². The molecule has 1 amide bonds. The predicted molar refractivity (Wildman–Crippen MR) is 74.5 cm³/mol. The maximum absolute atomic E-state index is 10.9. The Balaban J connectivity index is 2.60. The Bertz CT molecular complexity index is 506. The van der Waals surface area contributed by atoms with Crippen molar-refractivity contribution in [3.8, 4) is 0 Å². The second-order valence-electron chi connectivity index (χ2n) is 3.77. The van der Waals surface area contributed by atoms with E-state index in [1.54, 1.807) is 18.2 Å². The van der Waals surface area contributed by atoms with E-state index in [0.717, 1.165) is 10.7 Å². The summed E-state index contributed by atoms with van der Waals surface area (Å²) < 4.78 is 4.46. The lowest BCUT2D eigenvalue weighted by Gasteiger charge is -2.07. The van der Waals surface area contributed by atoms with Crippen molar-refractivity contribution < 1.29 is 14.3 Å². The van der Waals surface area contributed by atoms with Crippen molar-refractivity contribution >= 4 is 29.3 Å². The third-order valence-corrected chi connectivity index (χ3v) is 3.19. The van der Waals surface area contributed by atoms with Crippen LogP contribution in [0.1, 0.15) is 30.6 Å². The molecule has 1 atom stereocenters. The Kier molecular flexibility index (Phi) is 5.95. The molecule has 1 unspecified atom stereocenters. The molecule has 0 saturated carbocycles. The lowest BCUT2D eigenvalue weighted by Crippen LogP contribution is -2.23. The highest BCUT2D eigenvalue weighted by atomic mass is 32.1. The Morgan fingerprint density at radius 1 is 1.47 bits per heavy atom. The van der Waals surface area contributed by atoms with Crippen LogP contribution in [0.15, 0.2) is 23.6 Å². The molecule has 1 N–H and O–H groups in total. The highest BCUT2D eigenvalue weighted by Gasteiger charge is 2.09. The highest BCUT2D eigenvalue weighted by Crippen LogP contribution is 2.18. The molecule has 1 heterocycles. The van der Waals surface area contributed by atoms with Gasteiger partial charge in [0.1, 0.15) is 5.01 Å². The fourth-order valence-electron chi connectivity index (χ4n) is 1.30. The van der Waals surface area contributed by atoms with E-state index in [1.807, 2.05) is 12.3 Å². The lowest BCUT2D eigenvalue weighted by molar-refractivity contribution is -0.134. The van der Waals surface area contributed by atoms with Crippen molar-refractivity contribution in [1.82, 2.24) is 10.3 Å². The van der Waals surface area contributed by atoms with Crippen LogP contribution in [0.5, 0.6) is 0 Å². The van der Waals surface area contributed by atoms with Gasteiger partial charge in [-0.2, -0.15) is 0 Å². The van der Waals surface area contributed by atoms with Crippen LogP contribution >= 0.6 is 11.3 Å². The maximum Gasteiger partial charge on any atom is 0.330 e. The minimum absolute atomic E-state index is 0.0826. The second-order valence-corrected chi connectivity index (χ2v) is 4.66. The molecule has 0 aliphatic heterocycles. The van der Waals surface area contributed by atoms with Gasteiger partial charge in [0.25, 0.3) is 0 Å². The van der Waals surface area contributed by atoms with Gasteiger partial charge in [-0.25, -0.2) is 9.78 Å². The van der Waals surface area contributed by atoms with Crippen LogP contribution in [0.4, 0.5) is 0 Å². The van der Waals surface area contributed by atoms with Gasteiger partial charge in [-0.05, 0) is 13.0 Å². The molecule has 0 spiro atoms. The number of thiazole rings is 1. The first-order valence-corrected chi connectivity index (χ1v) is 6.56. The summed E-state index contributed by atoms with van der Waals surface area (Å²) in [4.78, 5) is 26.1. The van der Waals surface area contributed by atoms with Crippen molar-refractivity contribution in [2.24, 2.45) is 0 Å². The Morgan fingerprint density at radius 2 is 2.21 bits per heavy atom. The number of esters is 1. The van der Waals surface area contributed by atoms with Crippen LogP contribution in [0.25, 0.3) is 6.08 Å². The van der Waals surface area contributed by atoms with Gasteiger partial charge < -0.3 is 10.1 Å². The van der Waals surface area contributed by atoms with Crippen LogP contribution in [0, 0.1) is 0 Å². The Hall–Kier alpha value is -1.95. The van der Waals surface area contributed by atoms with E-state index in [4.69, 9.17) is 0 Å². The maximum atomic E-state index is 10.9. The molecule has 0 saturated heterocycles. The van der Waals surface area contributed by atoms with Crippen LogP contribution in [0.3, 0.4) is 0 Å². The summed E-state index contributed by atoms with van der Waals surface area (Å²) in [6, 6.07) is -0.102. The third-order valence-electron chi connectivity index (χ3n) is 2.14. The largest absolute Gasteiger partial charge is 0.466 e. The molecule has 0 fully saturated rings. The molecule has 0 bridgehead atoms. The molecular weight excluding hydrogens is 264 g/mol. The number of aromatic nitrogens is 1. The van der Waals surface area contributed by atoms with E-state index in [1.165, 1.54) is 31.4 Å². The van der Waals surface area contributed by atoms with Crippen molar-refractivity contribution in [2.45, 2.75) is 19.9 Å². The van der Waals surface area contributed by atoms with E-state index >= 15 is 0 Å². The fraction of sp³-hybridized carbons (Fsp3) is 0.308. The number of carbonyl (C=O) groups is 2. The standard InChI is InChI=1S/C13H16N2O3S/c1-9(14-10(2)16)13-15-11(8-19-13)6-4-5-7-12(17)18-3/h4-9H,1-3H3,(H,14,16)/b6-4+,7-5+. The van der Waals surface area contributed by atoms with Crippen LogP contribution in [-0.2, 0) is 14.3 Å². The van der Waals surface area contributed by atoms with Gasteiger partial charge in [-0.1, -0.05) is 12.2 Å². The molecule has 0 aliphatic carbocycles. The quantitative estimate of drug-likeness (QED) is 0.509. The van der Waals surface area contributed by atoms with E-state index in [2.05, 4.69) is 15.0 Å². The highest BCUT2D eigenvalue weighted by molar-refractivity contribution is 7.09. The number of amides is 1. The molecule has 102 valence electrons. The zero-order valence-electron chi connectivity index (χ0n) is 11.0. The number of allylic oxidation sites excluding steroid dienone is 2. The summed E-state index contributed by atoms with van der Waals surface area (Å²) in [6.45, 7) is 3.35. The Morgan fingerprint density at radius 3 is 2.84 bits per heavy atom. The molecule has 0 aromatic carbocycles. The second kappa shape index (κ2) is 7.48. The lowest BCUT2D eigenvalue weighted by atomic mass is 10.3. The predicted octanol–water partition coefficient (Wildman–Crippen LogP) is 2.08. The summed E-state index contributed by atoms with van der Waals surface area (Å²) in [5.41, 5.74) is 0.784. The minimum atomic E-state index is -0.400. The zero-order chi connectivity index (χ0) is 14.3. The number of nitrogens with one attached hydrogen (secondary N) is 1. The van der Waals surface area contributed by atoms with Gasteiger partial charge in [-0.3, -0.25) is 4.79 Å². The average molecular weight is 280 g/mol. The van der Waals surface area contributed by atoms with Crippen molar-refractivity contribution in [3.05, 3.63) is 34.3 Å². The number of methoxy groups -OCH3 is 1. The number of hydrogen-bond acceptors (Lipinski definition) is 5. The molecule has 1 aromatic heterocycles. The molecule has 1 rings (SSSR count). The summed E-state index contributed by atoms with van der Waals surface area (Å²) in [6.07, 6.45) is 6.39. The summed E-state index contributed by atoms with van der Waals surface area (Å²) in [5.74, 6) is -0.483. The average Bonchev–Trinajstić information content (AvgIpc) is 2.82.